The maximum atomic E-state index is 12.6. The lowest BCUT2D eigenvalue weighted by molar-refractivity contribution is -0.133. The quantitative estimate of drug-likeness (QED) is 0.870. The number of carbonyl (C=O) groups is 1. The summed E-state index contributed by atoms with van der Waals surface area (Å²) in [6, 6.07) is 0.799. The number of nitrogens with one attached hydrogen (secondary N) is 1. The van der Waals surface area contributed by atoms with E-state index in [4.69, 9.17) is 4.52 Å². The zero-order chi connectivity index (χ0) is 13.4. The molecule has 2 atom stereocenters. The Balaban J connectivity index is 1.77. The van der Waals surface area contributed by atoms with Gasteiger partial charge in [0, 0.05) is 24.2 Å². The number of aryl methyl sites for hydroxylation is 2. The molecule has 0 radical (unpaired) electrons. The largest absolute Gasteiger partial charge is 0.361 e. The topological polar surface area (TPSA) is 58.4 Å². The van der Waals surface area contributed by atoms with E-state index in [1.165, 1.54) is 0 Å². The van der Waals surface area contributed by atoms with E-state index in [2.05, 4.69) is 15.4 Å². The zero-order valence-electron chi connectivity index (χ0n) is 11.6. The van der Waals surface area contributed by atoms with Crippen LogP contribution in [-0.4, -0.2) is 41.1 Å². The van der Waals surface area contributed by atoms with E-state index in [-0.39, 0.29) is 5.91 Å². The van der Waals surface area contributed by atoms with E-state index >= 15 is 0 Å². The summed E-state index contributed by atoms with van der Waals surface area (Å²) < 4.78 is 5.14. The van der Waals surface area contributed by atoms with Gasteiger partial charge in [-0.2, -0.15) is 0 Å². The van der Waals surface area contributed by atoms with E-state index in [0.29, 0.717) is 18.5 Å². The average molecular weight is 263 g/mol. The molecule has 0 aliphatic carbocycles. The summed E-state index contributed by atoms with van der Waals surface area (Å²) in [5.41, 5.74) is 1.80. The van der Waals surface area contributed by atoms with Crippen LogP contribution in [0.25, 0.3) is 0 Å². The van der Waals surface area contributed by atoms with Gasteiger partial charge < -0.3 is 14.7 Å². The average Bonchev–Trinajstić information content (AvgIpc) is 2.81. The molecule has 0 aromatic carbocycles. The van der Waals surface area contributed by atoms with Crippen molar-refractivity contribution < 1.29 is 9.32 Å². The molecule has 1 aromatic heterocycles. The lowest BCUT2D eigenvalue weighted by atomic mass is 10.1. The molecule has 1 N–H and O–H groups in total. The number of hydrogen-bond donors (Lipinski definition) is 1. The van der Waals surface area contributed by atoms with E-state index in [1.54, 1.807) is 0 Å². The maximum absolute atomic E-state index is 12.6. The monoisotopic (exact) mass is 263 g/mol. The fraction of sp³-hybridized carbons (Fsp3) is 0.714. The third-order valence-electron chi connectivity index (χ3n) is 4.45. The number of rotatable bonds is 2. The van der Waals surface area contributed by atoms with Gasteiger partial charge in [-0.05, 0) is 39.7 Å². The molecule has 3 heterocycles. The van der Waals surface area contributed by atoms with Crippen LogP contribution in [0, 0.1) is 13.8 Å². The van der Waals surface area contributed by atoms with Crippen LogP contribution in [0.1, 0.15) is 36.3 Å². The van der Waals surface area contributed by atoms with Crippen molar-refractivity contribution in [3.05, 3.63) is 17.0 Å². The number of amides is 1. The highest BCUT2D eigenvalue weighted by Gasteiger charge is 2.38. The highest BCUT2D eigenvalue weighted by Crippen LogP contribution is 2.29. The standard InChI is InChI=1S/C14H21N3O2/c1-9-13(10(2)19-16-9)7-14(18)17-11-3-4-12(17)8-15-6-5-11/h11-12,15H,3-8H2,1-2H3. The van der Waals surface area contributed by atoms with Crippen molar-refractivity contribution in [1.29, 1.82) is 0 Å². The lowest BCUT2D eigenvalue weighted by Gasteiger charge is -2.28. The molecule has 19 heavy (non-hydrogen) atoms. The first-order chi connectivity index (χ1) is 9.16. The summed E-state index contributed by atoms with van der Waals surface area (Å²) in [7, 11) is 0. The van der Waals surface area contributed by atoms with E-state index in [1.807, 2.05) is 13.8 Å². The van der Waals surface area contributed by atoms with Gasteiger partial charge in [-0.15, -0.1) is 0 Å². The van der Waals surface area contributed by atoms with Crippen LogP contribution in [-0.2, 0) is 11.2 Å². The highest BCUT2D eigenvalue weighted by atomic mass is 16.5. The van der Waals surface area contributed by atoms with Crippen molar-refractivity contribution >= 4 is 5.91 Å². The van der Waals surface area contributed by atoms with Crippen molar-refractivity contribution in [2.24, 2.45) is 0 Å². The van der Waals surface area contributed by atoms with Gasteiger partial charge in [0.2, 0.25) is 5.91 Å². The normalized spacial score (nSPS) is 26.5. The zero-order valence-corrected chi connectivity index (χ0v) is 11.6. The Bertz CT molecular complexity index is 450. The van der Waals surface area contributed by atoms with E-state index in [9.17, 15) is 4.79 Å². The first-order valence-corrected chi connectivity index (χ1v) is 7.10. The molecule has 2 aliphatic rings. The van der Waals surface area contributed by atoms with Crippen molar-refractivity contribution in [1.82, 2.24) is 15.4 Å². The van der Waals surface area contributed by atoms with Gasteiger partial charge in [0.15, 0.2) is 0 Å². The van der Waals surface area contributed by atoms with Crippen molar-refractivity contribution in [3.63, 3.8) is 0 Å². The van der Waals surface area contributed by atoms with Gasteiger partial charge >= 0.3 is 0 Å². The Hall–Kier alpha value is -1.36. The second-order valence-corrected chi connectivity index (χ2v) is 5.66. The summed E-state index contributed by atoms with van der Waals surface area (Å²) in [4.78, 5) is 14.7. The summed E-state index contributed by atoms with van der Waals surface area (Å²) in [5, 5.41) is 7.35. The Morgan fingerprint density at radius 2 is 2.16 bits per heavy atom. The third kappa shape index (κ3) is 2.27. The van der Waals surface area contributed by atoms with Crippen LogP contribution in [0.4, 0.5) is 0 Å². The Morgan fingerprint density at radius 1 is 1.37 bits per heavy atom. The van der Waals surface area contributed by atoms with Gasteiger partial charge in [0.25, 0.3) is 0 Å². The molecular formula is C14H21N3O2. The van der Waals surface area contributed by atoms with Crippen LogP contribution < -0.4 is 5.32 Å². The van der Waals surface area contributed by atoms with Gasteiger partial charge in [0.05, 0.1) is 12.1 Å². The van der Waals surface area contributed by atoms with Gasteiger partial charge in [0.1, 0.15) is 5.76 Å². The van der Waals surface area contributed by atoms with Gasteiger partial charge in [-0.1, -0.05) is 5.16 Å². The summed E-state index contributed by atoms with van der Waals surface area (Å²) in [6.07, 6.45) is 3.78. The number of aromatic nitrogens is 1. The lowest BCUT2D eigenvalue weighted by Crippen LogP contribution is -2.43. The molecule has 2 unspecified atom stereocenters. The number of nitrogens with zero attached hydrogens (tertiary/aromatic N) is 2. The van der Waals surface area contributed by atoms with Crippen molar-refractivity contribution in [2.45, 2.75) is 51.6 Å². The molecule has 0 spiro atoms. The van der Waals surface area contributed by atoms with Gasteiger partial charge in [-0.25, -0.2) is 0 Å². The highest BCUT2D eigenvalue weighted by molar-refractivity contribution is 5.80. The molecule has 2 fully saturated rings. The summed E-state index contributed by atoms with van der Waals surface area (Å²) in [6.45, 7) is 5.74. The molecular weight excluding hydrogens is 242 g/mol. The Kier molecular flexibility index (Phi) is 3.31. The Labute approximate surface area is 113 Å². The second-order valence-electron chi connectivity index (χ2n) is 5.66. The second kappa shape index (κ2) is 4.96. The predicted octanol–water partition coefficient (Wildman–Crippen LogP) is 1.19. The minimum atomic E-state index is 0.227. The molecule has 104 valence electrons. The fourth-order valence-corrected chi connectivity index (χ4v) is 3.39. The molecule has 0 saturated carbocycles. The SMILES string of the molecule is Cc1noc(C)c1CC(=O)N1C2CCNCC1CC2. The van der Waals surface area contributed by atoms with Crippen LogP contribution >= 0.6 is 0 Å². The maximum Gasteiger partial charge on any atom is 0.227 e. The molecule has 3 rings (SSSR count). The predicted molar refractivity (Wildman–Crippen MR) is 70.8 cm³/mol. The Morgan fingerprint density at radius 3 is 2.89 bits per heavy atom. The van der Waals surface area contributed by atoms with E-state index < -0.39 is 0 Å². The van der Waals surface area contributed by atoms with Crippen LogP contribution in [0.2, 0.25) is 0 Å². The van der Waals surface area contributed by atoms with Gasteiger partial charge in [-0.3, -0.25) is 4.79 Å². The first-order valence-electron chi connectivity index (χ1n) is 7.10. The fourth-order valence-electron chi connectivity index (χ4n) is 3.39. The molecule has 5 heteroatoms. The van der Waals surface area contributed by atoms with E-state index in [0.717, 1.165) is 49.4 Å². The first kappa shape index (κ1) is 12.7. The molecule has 2 bridgehead atoms. The smallest absolute Gasteiger partial charge is 0.227 e. The van der Waals surface area contributed by atoms with Crippen molar-refractivity contribution in [2.75, 3.05) is 13.1 Å². The molecule has 1 aromatic rings. The molecule has 1 amide bonds. The van der Waals surface area contributed by atoms with Crippen molar-refractivity contribution in [3.8, 4) is 0 Å². The summed E-state index contributed by atoms with van der Waals surface area (Å²) >= 11 is 0. The third-order valence-corrected chi connectivity index (χ3v) is 4.45. The molecule has 5 nitrogen and oxygen atoms in total. The minimum absolute atomic E-state index is 0.227. The number of carbonyl (C=O) groups excluding carboxylic acids is 1. The number of fused-ring (bicyclic) bond motifs is 2. The van der Waals surface area contributed by atoms with Crippen LogP contribution in [0.3, 0.4) is 0 Å². The van der Waals surface area contributed by atoms with Crippen LogP contribution in [0.5, 0.6) is 0 Å². The summed E-state index contributed by atoms with van der Waals surface area (Å²) in [5.74, 6) is 0.997. The molecule has 2 saturated heterocycles. The molecule has 2 aliphatic heterocycles. The van der Waals surface area contributed by atoms with Crippen LogP contribution in [0.15, 0.2) is 4.52 Å². The number of hydrogen-bond acceptors (Lipinski definition) is 4. The minimum Gasteiger partial charge on any atom is -0.361 e.